The molecule has 16 heavy (non-hydrogen) atoms. The van der Waals surface area contributed by atoms with Crippen molar-refractivity contribution in [2.24, 2.45) is 5.73 Å². The lowest BCUT2D eigenvalue weighted by molar-refractivity contribution is 0.0952. The molecule has 1 atom stereocenters. The summed E-state index contributed by atoms with van der Waals surface area (Å²) in [5.41, 5.74) is 6.24. The van der Waals surface area contributed by atoms with Gasteiger partial charge in [0.1, 0.15) is 0 Å². The summed E-state index contributed by atoms with van der Waals surface area (Å²) in [6.45, 7) is 2.54. The summed E-state index contributed by atoms with van der Waals surface area (Å²) in [6, 6.07) is 7.42. The number of carbonyl (C=O) groups is 1. The number of rotatable bonds is 4. The van der Waals surface area contributed by atoms with E-state index in [4.69, 9.17) is 5.73 Å². The highest BCUT2D eigenvalue weighted by Crippen LogP contribution is 2.11. The minimum Gasteiger partial charge on any atom is -0.352 e. The van der Waals surface area contributed by atoms with E-state index in [1.54, 1.807) is 12.1 Å². The Morgan fingerprint density at radius 2 is 2.25 bits per heavy atom. The van der Waals surface area contributed by atoms with Crippen LogP contribution in [-0.4, -0.2) is 18.5 Å². The highest BCUT2D eigenvalue weighted by Gasteiger charge is 2.04. The minimum atomic E-state index is -0.0584. The molecule has 0 aliphatic heterocycles. The van der Waals surface area contributed by atoms with Crippen LogP contribution in [0.3, 0.4) is 0 Å². The Labute approximate surface area is 110 Å². The van der Waals surface area contributed by atoms with Crippen LogP contribution >= 0.6 is 28.3 Å². The highest BCUT2D eigenvalue weighted by atomic mass is 79.9. The molecule has 0 bridgehead atoms. The first-order valence-corrected chi connectivity index (χ1v) is 5.68. The van der Waals surface area contributed by atoms with Gasteiger partial charge < -0.3 is 11.1 Å². The van der Waals surface area contributed by atoms with E-state index in [9.17, 15) is 4.79 Å². The van der Waals surface area contributed by atoms with Gasteiger partial charge in [0.25, 0.3) is 5.91 Å². The van der Waals surface area contributed by atoms with Crippen molar-refractivity contribution in [2.45, 2.75) is 19.4 Å². The molecular formula is C11H16BrClN2O. The smallest absolute Gasteiger partial charge is 0.251 e. The third-order valence-corrected chi connectivity index (χ3v) is 2.47. The summed E-state index contributed by atoms with van der Waals surface area (Å²) in [6.07, 6.45) is 0.791. The molecule has 1 amide bonds. The zero-order valence-corrected chi connectivity index (χ0v) is 11.5. The first kappa shape index (κ1) is 15.4. The van der Waals surface area contributed by atoms with Crippen molar-refractivity contribution in [2.75, 3.05) is 6.54 Å². The standard InChI is InChI=1S/C11H15BrN2O.ClH/c1-8(13)5-6-14-11(15)9-3-2-4-10(12)7-9;/h2-4,7-8H,5-6,13H2,1H3,(H,14,15);1H. The number of hydrogen-bond donors (Lipinski definition) is 2. The van der Waals surface area contributed by atoms with Crippen LogP contribution in [0, 0.1) is 0 Å². The molecule has 0 fully saturated rings. The molecule has 3 nitrogen and oxygen atoms in total. The molecule has 3 N–H and O–H groups in total. The van der Waals surface area contributed by atoms with E-state index in [0.717, 1.165) is 10.9 Å². The maximum Gasteiger partial charge on any atom is 0.251 e. The zero-order chi connectivity index (χ0) is 11.3. The van der Waals surface area contributed by atoms with E-state index < -0.39 is 0 Å². The molecule has 1 aromatic carbocycles. The molecule has 0 saturated heterocycles. The highest BCUT2D eigenvalue weighted by molar-refractivity contribution is 9.10. The number of amides is 1. The molecule has 0 heterocycles. The molecule has 1 unspecified atom stereocenters. The fourth-order valence-electron chi connectivity index (χ4n) is 1.15. The van der Waals surface area contributed by atoms with Crippen molar-refractivity contribution in [3.63, 3.8) is 0 Å². The molecule has 1 aromatic rings. The number of hydrogen-bond acceptors (Lipinski definition) is 2. The van der Waals surface area contributed by atoms with E-state index in [1.165, 1.54) is 0 Å². The van der Waals surface area contributed by atoms with Crippen LogP contribution < -0.4 is 11.1 Å². The Morgan fingerprint density at radius 1 is 1.56 bits per heavy atom. The lowest BCUT2D eigenvalue weighted by Gasteiger charge is -2.07. The Hall–Kier alpha value is -0.580. The van der Waals surface area contributed by atoms with Crippen molar-refractivity contribution in [1.29, 1.82) is 0 Å². The van der Waals surface area contributed by atoms with E-state index in [2.05, 4.69) is 21.2 Å². The first-order valence-electron chi connectivity index (χ1n) is 4.89. The first-order chi connectivity index (χ1) is 7.09. The Bertz CT molecular complexity index is 345. The van der Waals surface area contributed by atoms with Gasteiger partial charge in [0.05, 0.1) is 0 Å². The fourth-order valence-corrected chi connectivity index (χ4v) is 1.54. The molecule has 0 aromatic heterocycles. The molecule has 5 heteroatoms. The lowest BCUT2D eigenvalue weighted by Crippen LogP contribution is -2.28. The minimum absolute atomic E-state index is 0. The molecule has 0 saturated carbocycles. The second kappa shape index (κ2) is 7.65. The van der Waals surface area contributed by atoms with Gasteiger partial charge in [-0.2, -0.15) is 0 Å². The Balaban J connectivity index is 0.00000225. The van der Waals surface area contributed by atoms with Gasteiger partial charge in [0, 0.05) is 22.6 Å². The molecule has 0 radical (unpaired) electrons. The normalized spacial score (nSPS) is 11.4. The third-order valence-electron chi connectivity index (χ3n) is 1.97. The average molecular weight is 308 g/mol. The quantitative estimate of drug-likeness (QED) is 0.897. The SMILES string of the molecule is CC(N)CCNC(=O)c1cccc(Br)c1.Cl. The van der Waals surface area contributed by atoms with Crippen molar-refractivity contribution in [1.82, 2.24) is 5.32 Å². The van der Waals surface area contributed by atoms with Crippen molar-refractivity contribution in [3.8, 4) is 0 Å². The van der Waals surface area contributed by atoms with Crippen LogP contribution in [0.2, 0.25) is 0 Å². The van der Waals surface area contributed by atoms with E-state index in [0.29, 0.717) is 12.1 Å². The summed E-state index contributed by atoms with van der Waals surface area (Å²) in [5, 5.41) is 2.82. The van der Waals surface area contributed by atoms with Crippen LogP contribution in [0.1, 0.15) is 23.7 Å². The number of benzene rings is 1. The van der Waals surface area contributed by atoms with Gasteiger partial charge >= 0.3 is 0 Å². The van der Waals surface area contributed by atoms with E-state index >= 15 is 0 Å². The monoisotopic (exact) mass is 306 g/mol. The average Bonchev–Trinajstić information content (AvgIpc) is 2.17. The summed E-state index contributed by atoms with van der Waals surface area (Å²) in [5.74, 6) is -0.0584. The third kappa shape index (κ3) is 5.49. The van der Waals surface area contributed by atoms with Gasteiger partial charge in [-0.25, -0.2) is 0 Å². The largest absolute Gasteiger partial charge is 0.352 e. The Morgan fingerprint density at radius 3 is 2.81 bits per heavy atom. The molecule has 0 aliphatic carbocycles. The van der Waals surface area contributed by atoms with E-state index in [-0.39, 0.29) is 24.4 Å². The lowest BCUT2D eigenvalue weighted by atomic mass is 10.2. The molecule has 0 aliphatic rings. The second-order valence-electron chi connectivity index (χ2n) is 3.53. The fraction of sp³-hybridized carbons (Fsp3) is 0.364. The molecule has 0 spiro atoms. The van der Waals surface area contributed by atoms with Gasteiger partial charge in [0.2, 0.25) is 0 Å². The number of nitrogens with one attached hydrogen (secondary N) is 1. The van der Waals surface area contributed by atoms with Crippen LogP contribution in [0.25, 0.3) is 0 Å². The maximum atomic E-state index is 11.6. The summed E-state index contributed by atoms with van der Waals surface area (Å²) in [4.78, 5) is 11.6. The number of nitrogens with two attached hydrogens (primary N) is 1. The van der Waals surface area contributed by atoms with Crippen LogP contribution in [0.4, 0.5) is 0 Å². The van der Waals surface area contributed by atoms with Crippen LogP contribution in [0.5, 0.6) is 0 Å². The topological polar surface area (TPSA) is 55.1 Å². The van der Waals surface area contributed by atoms with Gasteiger partial charge in [-0.1, -0.05) is 22.0 Å². The van der Waals surface area contributed by atoms with Crippen LogP contribution in [-0.2, 0) is 0 Å². The van der Waals surface area contributed by atoms with Crippen molar-refractivity contribution < 1.29 is 4.79 Å². The number of halogens is 2. The number of carbonyl (C=O) groups excluding carboxylic acids is 1. The van der Waals surface area contributed by atoms with Gasteiger partial charge in [-0.05, 0) is 31.5 Å². The van der Waals surface area contributed by atoms with Gasteiger partial charge in [-0.15, -0.1) is 12.4 Å². The molecular weight excluding hydrogens is 291 g/mol. The molecule has 90 valence electrons. The Kier molecular flexibility index (Phi) is 7.38. The van der Waals surface area contributed by atoms with Crippen LogP contribution in [0.15, 0.2) is 28.7 Å². The van der Waals surface area contributed by atoms with Gasteiger partial charge in [-0.3, -0.25) is 4.79 Å². The van der Waals surface area contributed by atoms with E-state index in [1.807, 2.05) is 19.1 Å². The van der Waals surface area contributed by atoms with Crippen molar-refractivity contribution in [3.05, 3.63) is 34.3 Å². The summed E-state index contributed by atoms with van der Waals surface area (Å²) in [7, 11) is 0. The second-order valence-corrected chi connectivity index (χ2v) is 4.45. The van der Waals surface area contributed by atoms with Gasteiger partial charge in [0.15, 0.2) is 0 Å². The summed E-state index contributed by atoms with van der Waals surface area (Å²) < 4.78 is 0.905. The molecule has 1 rings (SSSR count). The van der Waals surface area contributed by atoms with Crippen molar-refractivity contribution >= 4 is 34.2 Å². The predicted molar refractivity (Wildman–Crippen MR) is 72.0 cm³/mol. The summed E-state index contributed by atoms with van der Waals surface area (Å²) >= 11 is 3.32. The maximum absolute atomic E-state index is 11.6. The predicted octanol–water partition coefficient (Wildman–Crippen LogP) is 2.34. The zero-order valence-electron chi connectivity index (χ0n) is 9.07.